The van der Waals surface area contributed by atoms with Crippen LogP contribution in [0.4, 0.5) is 5.82 Å². The predicted molar refractivity (Wildman–Crippen MR) is 96.5 cm³/mol. The average molecular weight is 366 g/mol. The van der Waals surface area contributed by atoms with Crippen LogP contribution in [-0.4, -0.2) is 54.4 Å². The zero-order chi connectivity index (χ0) is 17.9. The first-order valence-corrected chi connectivity index (χ1v) is 10.9. The molecule has 2 heterocycles. The van der Waals surface area contributed by atoms with E-state index >= 15 is 0 Å². The lowest BCUT2D eigenvalue weighted by atomic mass is 9.95. The Morgan fingerprint density at radius 2 is 2.00 bits per heavy atom. The topological polar surface area (TPSA) is 92.3 Å². The van der Waals surface area contributed by atoms with Crippen molar-refractivity contribution in [3.05, 3.63) is 18.1 Å². The summed E-state index contributed by atoms with van der Waals surface area (Å²) in [6.45, 7) is 2.61. The van der Waals surface area contributed by atoms with E-state index in [1.165, 1.54) is 12.7 Å². The molecule has 1 atom stereocenters. The van der Waals surface area contributed by atoms with Crippen LogP contribution >= 0.6 is 0 Å². The molecule has 1 saturated carbocycles. The van der Waals surface area contributed by atoms with Crippen molar-refractivity contribution in [2.45, 2.75) is 57.5 Å². The van der Waals surface area contributed by atoms with Crippen LogP contribution in [0.15, 0.2) is 12.4 Å². The Morgan fingerprint density at radius 3 is 2.64 bits per heavy atom. The van der Waals surface area contributed by atoms with Crippen LogP contribution in [0.1, 0.15) is 55.9 Å². The zero-order valence-corrected chi connectivity index (χ0v) is 15.5. The minimum atomic E-state index is -2.97. The molecule has 1 aromatic heterocycles. The molecule has 2 aliphatic rings. The minimum Gasteiger partial charge on any atom is -0.353 e. The molecule has 1 amide bonds. The highest BCUT2D eigenvalue weighted by atomic mass is 32.2. The Morgan fingerprint density at radius 1 is 1.24 bits per heavy atom. The van der Waals surface area contributed by atoms with Gasteiger partial charge in [-0.15, -0.1) is 0 Å². The maximum Gasteiger partial charge on any atom is 0.270 e. The molecular formula is C17H26N4O3S. The third kappa shape index (κ3) is 4.48. The molecule has 0 bridgehead atoms. The number of hydrogen-bond acceptors (Lipinski definition) is 6. The van der Waals surface area contributed by atoms with Crippen LogP contribution in [0.2, 0.25) is 0 Å². The largest absolute Gasteiger partial charge is 0.353 e. The lowest BCUT2D eigenvalue weighted by Gasteiger charge is -2.28. The first kappa shape index (κ1) is 18.1. The van der Waals surface area contributed by atoms with Crippen molar-refractivity contribution in [1.29, 1.82) is 0 Å². The molecule has 8 heteroatoms. The summed E-state index contributed by atoms with van der Waals surface area (Å²) < 4.78 is 23.5. The number of nitrogens with zero attached hydrogens (tertiary/aromatic N) is 3. The van der Waals surface area contributed by atoms with Crippen LogP contribution in [0.3, 0.4) is 0 Å². The van der Waals surface area contributed by atoms with E-state index in [0.717, 1.165) is 25.7 Å². The maximum atomic E-state index is 12.5. The average Bonchev–Trinajstić information content (AvgIpc) is 2.96. The number of carbonyl (C=O) groups excluding carboxylic acids is 1. The zero-order valence-electron chi connectivity index (χ0n) is 14.6. The number of aromatic nitrogens is 2. The molecule has 1 unspecified atom stereocenters. The normalized spacial score (nSPS) is 23.3. The van der Waals surface area contributed by atoms with Gasteiger partial charge in [0, 0.05) is 24.7 Å². The molecule has 1 aromatic rings. The molecule has 1 aliphatic heterocycles. The fraction of sp³-hybridized carbons (Fsp3) is 0.706. The lowest BCUT2D eigenvalue weighted by molar-refractivity contribution is 0.0922. The maximum absolute atomic E-state index is 12.5. The first-order chi connectivity index (χ1) is 12.0. The van der Waals surface area contributed by atoms with Crippen molar-refractivity contribution in [2.24, 2.45) is 0 Å². The molecule has 1 N–H and O–H groups in total. The molecular weight excluding hydrogens is 340 g/mol. The van der Waals surface area contributed by atoms with Crippen molar-refractivity contribution in [2.75, 3.05) is 23.0 Å². The summed E-state index contributed by atoms with van der Waals surface area (Å²) in [5, 5.41) is 3.06. The van der Waals surface area contributed by atoms with Gasteiger partial charge < -0.3 is 10.2 Å². The second kappa shape index (κ2) is 7.68. The van der Waals surface area contributed by atoms with Crippen molar-refractivity contribution in [3.63, 3.8) is 0 Å². The van der Waals surface area contributed by atoms with E-state index in [2.05, 4.69) is 15.3 Å². The molecule has 7 nitrogen and oxygen atoms in total. The second-order valence-corrected chi connectivity index (χ2v) is 9.14. The Kier molecular flexibility index (Phi) is 5.56. The number of hydrogen-bond donors (Lipinski definition) is 1. The van der Waals surface area contributed by atoms with E-state index in [-0.39, 0.29) is 29.5 Å². The molecule has 0 aromatic carbocycles. The van der Waals surface area contributed by atoms with Gasteiger partial charge in [-0.05, 0) is 26.2 Å². The smallest absolute Gasteiger partial charge is 0.270 e. The van der Waals surface area contributed by atoms with E-state index < -0.39 is 9.84 Å². The summed E-state index contributed by atoms with van der Waals surface area (Å²) in [6.07, 6.45) is 7.57. The van der Waals surface area contributed by atoms with Crippen molar-refractivity contribution in [3.8, 4) is 0 Å². The van der Waals surface area contributed by atoms with Gasteiger partial charge in [0.2, 0.25) is 0 Å². The molecule has 0 radical (unpaired) electrons. The first-order valence-electron chi connectivity index (χ1n) is 9.08. The van der Waals surface area contributed by atoms with E-state index in [4.69, 9.17) is 0 Å². The van der Waals surface area contributed by atoms with E-state index in [9.17, 15) is 13.2 Å². The molecule has 138 valence electrons. The van der Waals surface area contributed by atoms with Gasteiger partial charge >= 0.3 is 0 Å². The highest BCUT2D eigenvalue weighted by molar-refractivity contribution is 7.91. The fourth-order valence-corrected chi connectivity index (χ4v) is 5.49. The summed E-state index contributed by atoms with van der Waals surface area (Å²) in [5.74, 6) is 0.807. The van der Waals surface area contributed by atoms with Crippen molar-refractivity contribution >= 4 is 21.6 Å². The second-order valence-electron chi connectivity index (χ2n) is 6.91. The van der Waals surface area contributed by atoms with Crippen molar-refractivity contribution in [1.82, 2.24) is 15.3 Å². The summed E-state index contributed by atoms with van der Waals surface area (Å²) in [7, 11) is -2.97. The van der Waals surface area contributed by atoms with Crippen LogP contribution < -0.4 is 10.2 Å². The lowest BCUT2D eigenvalue weighted by Crippen LogP contribution is -2.38. The molecule has 25 heavy (non-hydrogen) atoms. The highest BCUT2D eigenvalue weighted by Gasteiger charge is 2.32. The van der Waals surface area contributed by atoms with Gasteiger partial charge in [-0.2, -0.15) is 0 Å². The summed E-state index contributed by atoms with van der Waals surface area (Å²) in [6, 6.07) is 1.81. The third-order valence-electron chi connectivity index (χ3n) is 5.11. The SMILES string of the molecule is CCN(c1cc(C(=O)NC2CCCCC2)ncn1)C1CCS(=O)(=O)C1. The number of carbonyl (C=O) groups is 1. The summed E-state index contributed by atoms with van der Waals surface area (Å²) in [4.78, 5) is 22.8. The number of nitrogens with one attached hydrogen (secondary N) is 1. The molecule has 1 saturated heterocycles. The fourth-order valence-electron chi connectivity index (χ4n) is 3.76. The van der Waals surface area contributed by atoms with Gasteiger partial charge in [0.25, 0.3) is 5.91 Å². The van der Waals surface area contributed by atoms with Crippen LogP contribution in [0.25, 0.3) is 0 Å². The van der Waals surface area contributed by atoms with Gasteiger partial charge in [0.1, 0.15) is 17.8 Å². The summed E-state index contributed by atoms with van der Waals surface area (Å²) >= 11 is 0. The van der Waals surface area contributed by atoms with Gasteiger partial charge in [-0.25, -0.2) is 18.4 Å². The number of anilines is 1. The van der Waals surface area contributed by atoms with Gasteiger partial charge in [0.05, 0.1) is 11.5 Å². The Bertz CT molecular complexity index is 716. The molecule has 1 aliphatic carbocycles. The quantitative estimate of drug-likeness (QED) is 0.850. The number of rotatable bonds is 5. The minimum absolute atomic E-state index is 0.0841. The number of sulfone groups is 1. The van der Waals surface area contributed by atoms with Crippen LogP contribution in [-0.2, 0) is 9.84 Å². The van der Waals surface area contributed by atoms with Gasteiger partial charge in [0.15, 0.2) is 9.84 Å². The number of amides is 1. The molecule has 0 spiro atoms. The van der Waals surface area contributed by atoms with Crippen LogP contribution in [0.5, 0.6) is 0 Å². The van der Waals surface area contributed by atoms with Gasteiger partial charge in [-0.3, -0.25) is 4.79 Å². The van der Waals surface area contributed by atoms with Gasteiger partial charge in [-0.1, -0.05) is 19.3 Å². The third-order valence-corrected chi connectivity index (χ3v) is 6.86. The van der Waals surface area contributed by atoms with E-state index in [1.807, 2.05) is 11.8 Å². The van der Waals surface area contributed by atoms with Crippen molar-refractivity contribution < 1.29 is 13.2 Å². The predicted octanol–water partition coefficient (Wildman–Crippen LogP) is 1.55. The molecule has 3 rings (SSSR count). The Labute approximate surface area is 149 Å². The molecule has 2 fully saturated rings. The summed E-state index contributed by atoms with van der Waals surface area (Å²) in [5.41, 5.74) is 0.342. The monoisotopic (exact) mass is 366 g/mol. The van der Waals surface area contributed by atoms with E-state index in [1.54, 1.807) is 6.07 Å². The van der Waals surface area contributed by atoms with E-state index in [0.29, 0.717) is 24.5 Å². The Balaban J connectivity index is 1.72. The van der Waals surface area contributed by atoms with Crippen LogP contribution in [0, 0.1) is 0 Å². The standard InChI is InChI=1S/C17H26N4O3S/c1-2-21(14-8-9-25(23,24)11-14)16-10-15(18-12-19-16)17(22)20-13-6-4-3-5-7-13/h10,12-14H,2-9,11H2,1H3,(H,20,22). The highest BCUT2D eigenvalue weighted by Crippen LogP contribution is 2.23. The Hall–Kier alpha value is -1.70.